The Kier molecular flexibility index (Phi) is 8.10. The molecule has 0 saturated heterocycles. The lowest BCUT2D eigenvalue weighted by atomic mass is 10.0. The van der Waals surface area contributed by atoms with E-state index < -0.39 is 11.6 Å². The van der Waals surface area contributed by atoms with Crippen LogP contribution in [0.3, 0.4) is 0 Å². The predicted octanol–water partition coefficient (Wildman–Crippen LogP) is 6.04. The lowest BCUT2D eigenvalue weighted by Gasteiger charge is -2.24. The summed E-state index contributed by atoms with van der Waals surface area (Å²) in [6, 6.07) is 14.0. The summed E-state index contributed by atoms with van der Waals surface area (Å²) in [5, 5.41) is 16.0. The van der Waals surface area contributed by atoms with E-state index in [1.807, 2.05) is 63.2 Å². The van der Waals surface area contributed by atoms with Crippen LogP contribution in [0, 0.1) is 20.8 Å². The minimum Gasteiger partial charge on any atom is -0.478 e. The topological polar surface area (TPSA) is 97.5 Å². The van der Waals surface area contributed by atoms with Gasteiger partial charge in [-0.25, -0.2) is 14.8 Å². The van der Waals surface area contributed by atoms with Gasteiger partial charge in [0, 0.05) is 24.0 Å². The van der Waals surface area contributed by atoms with Gasteiger partial charge in [0.2, 0.25) is 5.89 Å². The molecule has 2 N–H and O–H groups in total. The molecule has 0 aliphatic heterocycles. The smallest absolute Gasteiger partial charge is 0.347 e. The molecule has 0 radical (unpaired) electrons. The first-order valence-electron chi connectivity index (χ1n) is 12.3. The van der Waals surface area contributed by atoms with Crippen LogP contribution in [-0.2, 0) is 30.7 Å². The average molecular weight is 520 g/mol. The second-order valence-electron chi connectivity index (χ2n) is 9.70. The zero-order valence-corrected chi connectivity index (χ0v) is 22.7. The van der Waals surface area contributed by atoms with E-state index in [9.17, 15) is 9.90 Å². The number of carboxylic acids is 1. The number of benzene rings is 2. The SMILES string of the molecule is Cc1cc(CNCc2nc(CCc3nc(-c4ccccc4)oc3C)cs2)cc(C)c1OC(C)(C)C(=O)O. The Hall–Kier alpha value is -3.49. The van der Waals surface area contributed by atoms with Gasteiger partial charge in [-0.05, 0) is 76.3 Å². The number of carboxylic acid groups (broad SMARTS) is 1. The standard InChI is InChI=1S/C29H33N3O4S/c1-18-13-21(14-19(2)26(18)36-29(4,5)28(33)34)15-30-16-25-31-23(17-37-25)11-12-24-20(3)35-27(32-24)22-9-7-6-8-10-22/h6-10,13-14,17,30H,11-12,15-16H2,1-5H3,(H,33,34). The Labute approximate surface area is 221 Å². The highest BCUT2D eigenvalue weighted by Gasteiger charge is 2.30. The first kappa shape index (κ1) is 26.6. The zero-order chi connectivity index (χ0) is 26.6. The van der Waals surface area contributed by atoms with E-state index in [4.69, 9.17) is 19.1 Å². The Balaban J connectivity index is 1.29. The number of nitrogens with zero attached hydrogens (tertiary/aromatic N) is 2. The number of aliphatic carboxylic acids is 1. The molecule has 0 atom stereocenters. The lowest BCUT2D eigenvalue weighted by Crippen LogP contribution is -2.38. The van der Waals surface area contributed by atoms with Gasteiger partial charge in [0.1, 0.15) is 16.5 Å². The molecule has 4 rings (SSSR count). The van der Waals surface area contributed by atoms with E-state index in [0.717, 1.165) is 57.3 Å². The average Bonchev–Trinajstić information content (AvgIpc) is 3.46. The molecule has 0 unspecified atom stereocenters. The molecule has 2 aromatic carbocycles. The van der Waals surface area contributed by atoms with Gasteiger partial charge in [0.05, 0.1) is 11.4 Å². The van der Waals surface area contributed by atoms with Gasteiger partial charge in [-0.2, -0.15) is 0 Å². The fourth-order valence-corrected chi connectivity index (χ4v) is 4.87. The summed E-state index contributed by atoms with van der Waals surface area (Å²) < 4.78 is 11.7. The van der Waals surface area contributed by atoms with Crippen molar-refractivity contribution in [3.8, 4) is 17.2 Å². The van der Waals surface area contributed by atoms with E-state index >= 15 is 0 Å². The van der Waals surface area contributed by atoms with Gasteiger partial charge in [0.25, 0.3) is 0 Å². The molecule has 4 aromatic rings. The third-order valence-electron chi connectivity index (χ3n) is 6.13. The molecule has 0 spiro atoms. The number of oxazole rings is 1. The third-order valence-corrected chi connectivity index (χ3v) is 7.03. The minimum atomic E-state index is -1.28. The Morgan fingerprint density at radius 2 is 1.76 bits per heavy atom. The maximum atomic E-state index is 11.4. The van der Waals surface area contributed by atoms with Gasteiger partial charge in [0.15, 0.2) is 5.60 Å². The van der Waals surface area contributed by atoms with Gasteiger partial charge in [-0.15, -0.1) is 11.3 Å². The summed E-state index contributed by atoms with van der Waals surface area (Å²) in [6.07, 6.45) is 1.59. The lowest BCUT2D eigenvalue weighted by molar-refractivity contribution is -0.152. The molecule has 2 heterocycles. The number of aryl methyl sites for hydroxylation is 5. The van der Waals surface area contributed by atoms with Gasteiger partial charge < -0.3 is 19.6 Å². The summed E-state index contributed by atoms with van der Waals surface area (Å²) in [6.45, 7) is 10.3. The Morgan fingerprint density at radius 3 is 2.43 bits per heavy atom. The number of ether oxygens (including phenoxy) is 1. The summed E-state index contributed by atoms with van der Waals surface area (Å²) in [5.74, 6) is 1.14. The van der Waals surface area contributed by atoms with Crippen molar-refractivity contribution in [2.24, 2.45) is 0 Å². The largest absolute Gasteiger partial charge is 0.478 e. The highest BCUT2D eigenvalue weighted by Crippen LogP contribution is 2.29. The molecule has 0 fully saturated rings. The van der Waals surface area contributed by atoms with E-state index in [-0.39, 0.29) is 0 Å². The molecule has 0 bridgehead atoms. The van der Waals surface area contributed by atoms with E-state index in [1.54, 1.807) is 25.2 Å². The van der Waals surface area contributed by atoms with Crippen LogP contribution in [0.1, 0.15) is 52.7 Å². The second-order valence-corrected chi connectivity index (χ2v) is 10.6. The van der Waals surface area contributed by atoms with Crippen LogP contribution >= 0.6 is 11.3 Å². The first-order valence-corrected chi connectivity index (χ1v) is 13.2. The summed E-state index contributed by atoms with van der Waals surface area (Å²) in [7, 11) is 0. The number of aromatic nitrogens is 2. The maximum absolute atomic E-state index is 11.4. The minimum absolute atomic E-state index is 0.624. The van der Waals surface area contributed by atoms with E-state index in [1.165, 1.54) is 0 Å². The van der Waals surface area contributed by atoms with Crippen molar-refractivity contribution in [2.45, 2.75) is 66.2 Å². The number of hydrogen-bond acceptors (Lipinski definition) is 7. The fraction of sp³-hybridized carbons (Fsp3) is 0.345. The molecule has 8 heteroatoms. The normalized spacial score (nSPS) is 11.6. The van der Waals surface area contributed by atoms with Crippen molar-refractivity contribution >= 4 is 17.3 Å². The van der Waals surface area contributed by atoms with E-state index in [2.05, 4.69) is 10.7 Å². The summed E-state index contributed by atoms with van der Waals surface area (Å²) in [4.78, 5) is 20.9. The van der Waals surface area contributed by atoms with Crippen molar-refractivity contribution in [1.82, 2.24) is 15.3 Å². The molecule has 2 aromatic heterocycles. The van der Waals surface area contributed by atoms with Crippen LogP contribution < -0.4 is 10.1 Å². The molecule has 0 aliphatic carbocycles. The fourth-order valence-electron chi connectivity index (χ4n) is 4.07. The molecule has 37 heavy (non-hydrogen) atoms. The summed E-state index contributed by atoms with van der Waals surface area (Å²) >= 11 is 1.65. The van der Waals surface area contributed by atoms with Crippen molar-refractivity contribution in [3.63, 3.8) is 0 Å². The van der Waals surface area contributed by atoms with Crippen LogP contribution in [0.2, 0.25) is 0 Å². The van der Waals surface area contributed by atoms with Crippen LogP contribution in [0.15, 0.2) is 52.3 Å². The highest BCUT2D eigenvalue weighted by molar-refractivity contribution is 7.09. The summed E-state index contributed by atoms with van der Waals surface area (Å²) in [5.41, 5.74) is 4.67. The van der Waals surface area contributed by atoms with Crippen LogP contribution in [0.4, 0.5) is 0 Å². The number of carbonyl (C=O) groups is 1. The Bertz CT molecular complexity index is 1350. The molecule has 0 aliphatic rings. The molecular formula is C29H33N3O4S. The number of thiazole rings is 1. The second kappa shape index (κ2) is 11.3. The number of nitrogens with one attached hydrogen (secondary N) is 1. The Morgan fingerprint density at radius 1 is 1.05 bits per heavy atom. The zero-order valence-electron chi connectivity index (χ0n) is 21.9. The quantitative estimate of drug-likeness (QED) is 0.249. The van der Waals surface area contributed by atoms with Crippen LogP contribution in [-0.4, -0.2) is 26.6 Å². The van der Waals surface area contributed by atoms with Gasteiger partial charge >= 0.3 is 5.97 Å². The van der Waals surface area contributed by atoms with Gasteiger partial charge in [-0.1, -0.05) is 30.3 Å². The third kappa shape index (κ3) is 6.64. The molecule has 0 saturated carbocycles. The predicted molar refractivity (Wildman–Crippen MR) is 145 cm³/mol. The molecular weight excluding hydrogens is 486 g/mol. The molecule has 194 valence electrons. The molecule has 7 nitrogen and oxygen atoms in total. The highest BCUT2D eigenvalue weighted by atomic mass is 32.1. The van der Waals surface area contributed by atoms with Crippen molar-refractivity contribution in [3.05, 3.63) is 86.7 Å². The molecule has 0 amide bonds. The van der Waals surface area contributed by atoms with Gasteiger partial charge in [-0.3, -0.25) is 0 Å². The van der Waals surface area contributed by atoms with Crippen LogP contribution in [0.5, 0.6) is 5.75 Å². The maximum Gasteiger partial charge on any atom is 0.347 e. The van der Waals surface area contributed by atoms with E-state index in [0.29, 0.717) is 24.7 Å². The number of hydrogen-bond donors (Lipinski definition) is 2. The van der Waals surface area contributed by atoms with Crippen molar-refractivity contribution < 1.29 is 19.1 Å². The van der Waals surface area contributed by atoms with Crippen molar-refractivity contribution in [2.75, 3.05) is 0 Å². The van der Waals surface area contributed by atoms with Crippen molar-refractivity contribution in [1.29, 1.82) is 0 Å². The number of rotatable bonds is 11. The van der Waals surface area contributed by atoms with Crippen LogP contribution in [0.25, 0.3) is 11.5 Å². The first-order chi connectivity index (χ1) is 17.6. The monoisotopic (exact) mass is 519 g/mol.